The van der Waals surface area contributed by atoms with Crippen LogP contribution in [-0.4, -0.2) is 30.6 Å². The van der Waals surface area contributed by atoms with Gasteiger partial charge in [-0.2, -0.15) is 0 Å². The van der Waals surface area contributed by atoms with Crippen LogP contribution in [0.5, 0.6) is 5.75 Å². The molecule has 1 aromatic carbocycles. The minimum Gasteiger partial charge on any atom is -0.508 e. The van der Waals surface area contributed by atoms with Gasteiger partial charge in [-0.25, -0.2) is 0 Å². The summed E-state index contributed by atoms with van der Waals surface area (Å²) < 4.78 is 0. The first kappa shape index (κ1) is 13.9. The lowest BCUT2D eigenvalue weighted by Gasteiger charge is -2.22. The van der Waals surface area contributed by atoms with Crippen LogP contribution in [0.1, 0.15) is 24.8 Å². The highest BCUT2D eigenvalue weighted by molar-refractivity contribution is 5.78. The monoisotopic (exact) mass is 262 g/mol. The van der Waals surface area contributed by atoms with Crippen molar-refractivity contribution in [3.05, 3.63) is 29.8 Å². The predicted molar refractivity (Wildman–Crippen MR) is 75.0 cm³/mol. The molecule has 1 aliphatic rings. The van der Waals surface area contributed by atoms with Gasteiger partial charge in [-0.05, 0) is 56.0 Å². The fourth-order valence-corrected chi connectivity index (χ4v) is 2.50. The maximum absolute atomic E-state index is 11.8. The van der Waals surface area contributed by atoms with Crippen LogP contribution in [0.25, 0.3) is 0 Å². The second-order valence-electron chi connectivity index (χ2n) is 5.20. The molecule has 1 unspecified atom stereocenters. The molecule has 1 fully saturated rings. The Hall–Kier alpha value is -1.55. The van der Waals surface area contributed by atoms with Gasteiger partial charge in [-0.15, -0.1) is 0 Å². The van der Waals surface area contributed by atoms with E-state index in [4.69, 9.17) is 0 Å². The minimum atomic E-state index is 0.0226. The number of piperidine rings is 1. The van der Waals surface area contributed by atoms with Gasteiger partial charge < -0.3 is 15.7 Å². The number of phenolic OH excluding ortho intramolecular Hbond substituents is 1. The molecule has 0 radical (unpaired) electrons. The number of phenols is 1. The largest absolute Gasteiger partial charge is 0.508 e. The summed E-state index contributed by atoms with van der Waals surface area (Å²) in [6, 6.07) is 6.85. The first-order valence-electron chi connectivity index (χ1n) is 6.99. The molecule has 0 spiro atoms. The Bertz CT molecular complexity index is 414. The molecule has 1 saturated heterocycles. The van der Waals surface area contributed by atoms with Crippen LogP contribution in [0.4, 0.5) is 0 Å². The van der Waals surface area contributed by atoms with Gasteiger partial charge in [-0.3, -0.25) is 4.79 Å². The van der Waals surface area contributed by atoms with E-state index in [0.29, 0.717) is 12.3 Å². The second kappa shape index (κ2) is 7.14. The minimum absolute atomic E-state index is 0.0226. The maximum atomic E-state index is 11.8. The van der Waals surface area contributed by atoms with Gasteiger partial charge >= 0.3 is 0 Å². The lowest BCUT2D eigenvalue weighted by molar-refractivity contribution is -0.120. The quantitative estimate of drug-likeness (QED) is 0.752. The fourth-order valence-electron chi connectivity index (χ4n) is 2.50. The zero-order chi connectivity index (χ0) is 13.5. The number of aromatic hydroxyl groups is 1. The SMILES string of the molecule is O=C(Cc1cccc(O)c1)NCCC1CCCNC1. The molecule has 0 aromatic heterocycles. The summed E-state index contributed by atoms with van der Waals surface area (Å²) in [5, 5.41) is 15.7. The molecule has 0 aliphatic carbocycles. The Balaban J connectivity index is 1.67. The van der Waals surface area contributed by atoms with Crippen molar-refractivity contribution in [2.75, 3.05) is 19.6 Å². The van der Waals surface area contributed by atoms with Crippen LogP contribution < -0.4 is 10.6 Å². The lowest BCUT2D eigenvalue weighted by atomic mass is 9.96. The normalized spacial score (nSPS) is 19.1. The Kier molecular flexibility index (Phi) is 5.21. The molecule has 1 atom stereocenters. The van der Waals surface area contributed by atoms with E-state index < -0.39 is 0 Å². The van der Waals surface area contributed by atoms with Crippen LogP contribution >= 0.6 is 0 Å². The Labute approximate surface area is 114 Å². The van der Waals surface area contributed by atoms with E-state index in [1.807, 2.05) is 6.07 Å². The molecule has 2 rings (SSSR count). The van der Waals surface area contributed by atoms with E-state index in [-0.39, 0.29) is 11.7 Å². The summed E-state index contributed by atoms with van der Waals surface area (Å²) in [7, 11) is 0. The van der Waals surface area contributed by atoms with Crippen LogP contribution in [0.2, 0.25) is 0 Å². The average Bonchev–Trinajstić information content (AvgIpc) is 2.40. The number of nitrogens with one attached hydrogen (secondary N) is 2. The molecule has 1 aliphatic heterocycles. The number of carbonyl (C=O) groups is 1. The van der Waals surface area contributed by atoms with E-state index in [0.717, 1.165) is 31.6 Å². The number of hydrogen-bond acceptors (Lipinski definition) is 3. The van der Waals surface area contributed by atoms with Crippen molar-refractivity contribution in [3.63, 3.8) is 0 Å². The Morgan fingerprint density at radius 3 is 3.11 bits per heavy atom. The number of rotatable bonds is 5. The zero-order valence-electron chi connectivity index (χ0n) is 11.2. The van der Waals surface area contributed by atoms with Crippen molar-refractivity contribution in [3.8, 4) is 5.75 Å². The molecule has 0 bridgehead atoms. The van der Waals surface area contributed by atoms with Gasteiger partial charge in [0.25, 0.3) is 0 Å². The van der Waals surface area contributed by atoms with Gasteiger partial charge in [0.1, 0.15) is 5.75 Å². The van der Waals surface area contributed by atoms with E-state index >= 15 is 0 Å². The third-order valence-electron chi connectivity index (χ3n) is 3.55. The molecule has 104 valence electrons. The molecule has 1 heterocycles. The van der Waals surface area contributed by atoms with E-state index in [1.165, 1.54) is 12.8 Å². The molecule has 1 amide bonds. The highest BCUT2D eigenvalue weighted by atomic mass is 16.3. The number of benzene rings is 1. The summed E-state index contributed by atoms with van der Waals surface area (Å²) in [4.78, 5) is 11.8. The Morgan fingerprint density at radius 1 is 1.47 bits per heavy atom. The van der Waals surface area contributed by atoms with Crippen LogP contribution in [0.15, 0.2) is 24.3 Å². The molecule has 0 saturated carbocycles. The van der Waals surface area contributed by atoms with Crippen LogP contribution in [0.3, 0.4) is 0 Å². The molecule has 4 nitrogen and oxygen atoms in total. The van der Waals surface area contributed by atoms with Crippen molar-refractivity contribution in [1.82, 2.24) is 10.6 Å². The zero-order valence-corrected chi connectivity index (χ0v) is 11.2. The summed E-state index contributed by atoms with van der Waals surface area (Å²) in [6.07, 6.45) is 3.87. The Morgan fingerprint density at radius 2 is 2.37 bits per heavy atom. The average molecular weight is 262 g/mol. The lowest BCUT2D eigenvalue weighted by Crippen LogP contribution is -2.33. The van der Waals surface area contributed by atoms with Crippen molar-refractivity contribution in [2.24, 2.45) is 5.92 Å². The number of hydrogen-bond donors (Lipinski definition) is 3. The van der Waals surface area contributed by atoms with Crippen molar-refractivity contribution >= 4 is 5.91 Å². The summed E-state index contributed by atoms with van der Waals surface area (Å²) in [6.45, 7) is 2.94. The van der Waals surface area contributed by atoms with Crippen LogP contribution in [-0.2, 0) is 11.2 Å². The number of carbonyl (C=O) groups excluding carboxylic acids is 1. The first-order valence-corrected chi connectivity index (χ1v) is 6.99. The third-order valence-corrected chi connectivity index (χ3v) is 3.55. The van der Waals surface area contributed by atoms with E-state index in [9.17, 15) is 9.90 Å². The summed E-state index contributed by atoms with van der Waals surface area (Å²) >= 11 is 0. The van der Waals surface area contributed by atoms with Crippen LogP contribution in [0, 0.1) is 5.92 Å². The maximum Gasteiger partial charge on any atom is 0.224 e. The van der Waals surface area contributed by atoms with Gasteiger partial charge in [0.2, 0.25) is 5.91 Å². The third kappa shape index (κ3) is 4.91. The van der Waals surface area contributed by atoms with Gasteiger partial charge in [0, 0.05) is 6.54 Å². The molecular weight excluding hydrogens is 240 g/mol. The van der Waals surface area contributed by atoms with Crippen molar-refractivity contribution < 1.29 is 9.90 Å². The molecular formula is C15H22N2O2. The molecule has 1 aromatic rings. The summed E-state index contributed by atoms with van der Waals surface area (Å²) in [5.41, 5.74) is 0.844. The van der Waals surface area contributed by atoms with Gasteiger partial charge in [0.15, 0.2) is 0 Å². The van der Waals surface area contributed by atoms with Gasteiger partial charge in [-0.1, -0.05) is 12.1 Å². The van der Waals surface area contributed by atoms with Crippen molar-refractivity contribution in [1.29, 1.82) is 0 Å². The standard InChI is InChI=1S/C15H22N2O2/c18-14-5-1-3-13(9-14)10-15(19)17-8-6-12-4-2-7-16-11-12/h1,3,5,9,12,16,18H,2,4,6-8,10-11H2,(H,17,19). The number of amides is 1. The highest BCUT2D eigenvalue weighted by Crippen LogP contribution is 2.13. The fraction of sp³-hybridized carbons (Fsp3) is 0.533. The molecule has 19 heavy (non-hydrogen) atoms. The smallest absolute Gasteiger partial charge is 0.224 e. The second-order valence-corrected chi connectivity index (χ2v) is 5.20. The predicted octanol–water partition coefficient (Wildman–Crippen LogP) is 1.44. The highest BCUT2D eigenvalue weighted by Gasteiger charge is 2.12. The van der Waals surface area contributed by atoms with E-state index in [1.54, 1.807) is 18.2 Å². The van der Waals surface area contributed by atoms with Crippen molar-refractivity contribution in [2.45, 2.75) is 25.7 Å². The topological polar surface area (TPSA) is 61.4 Å². The van der Waals surface area contributed by atoms with Gasteiger partial charge in [0.05, 0.1) is 6.42 Å². The summed E-state index contributed by atoms with van der Waals surface area (Å²) in [5.74, 6) is 0.919. The molecule has 3 N–H and O–H groups in total. The first-order chi connectivity index (χ1) is 9.24. The molecule has 4 heteroatoms. The van der Waals surface area contributed by atoms with E-state index in [2.05, 4.69) is 10.6 Å².